The van der Waals surface area contributed by atoms with Gasteiger partial charge in [0.05, 0.1) is 32.8 Å². The van der Waals surface area contributed by atoms with Crippen LogP contribution in [0.3, 0.4) is 0 Å². The Morgan fingerprint density at radius 1 is 0.938 bits per heavy atom. The molecule has 4 aliphatic rings. The molecule has 1 aliphatic carbocycles. The molecule has 2 bridgehead atoms. The summed E-state index contributed by atoms with van der Waals surface area (Å²) in [4.78, 5) is 0.283. The summed E-state index contributed by atoms with van der Waals surface area (Å²) < 4.78 is 13.6. The summed E-state index contributed by atoms with van der Waals surface area (Å²) in [5.41, 5.74) is 0.130. The van der Waals surface area contributed by atoms with Crippen LogP contribution in [0.15, 0.2) is 60.7 Å². The Morgan fingerprint density at radius 3 is 2.25 bits per heavy atom. The van der Waals surface area contributed by atoms with Crippen LogP contribution in [0.25, 0.3) is 0 Å². The second kappa shape index (κ2) is 9.46. The lowest BCUT2D eigenvalue weighted by Crippen LogP contribution is -2.68. The first-order valence-electron chi connectivity index (χ1n) is 12.2. The van der Waals surface area contributed by atoms with Crippen LogP contribution in [0.2, 0.25) is 0 Å². The molecule has 0 spiro atoms. The molecule has 2 aromatic carbocycles. The van der Waals surface area contributed by atoms with Crippen molar-refractivity contribution in [3.8, 4) is 5.75 Å². The minimum Gasteiger partial charge on any atom is -0.493 e. The van der Waals surface area contributed by atoms with Crippen molar-refractivity contribution in [1.82, 2.24) is 0 Å². The number of hydrogen-bond donors (Lipinski definition) is 1. The summed E-state index contributed by atoms with van der Waals surface area (Å²) in [6.45, 7) is 4.64. The smallest absolute Gasteiger partial charge is 0.171 e. The van der Waals surface area contributed by atoms with Crippen molar-refractivity contribution >= 4 is 15.9 Å². The Hall–Kier alpha value is -1.40. The van der Waals surface area contributed by atoms with Crippen LogP contribution < -0.4 is 4.74 Å². The van der Waals surface area contributed by atoms with Gasteiger partial charge in [0.15, 0.2) is 4.95 Å². The number of fused-ring (bicyclic) bond motifs is 3. The van der Waals surface area contributed by atoms with Gasteiger partial charge in [0.1, 0.15) is 17.5 Å². The van der Waals surface area contributed by atoms with Gasteiger partial charge < -0.3 is 19.1 Å². The summed E-state index contributed by atoms with van der Waals surface area (Å²) in [5.74, 6) is 1.85. The molecule has 2 aromatic rings. The van der Waals surface area contributed by atoms with E-state index in [0.717, 1.165) is 48.2 Å². The van der Waals surface area contributed by atoms with E-state index in [-0.39, 0.29) is 11.1 Å². The molecule has 1 N–H and O–H groups in total. The molecule has 4 nitrogen and oxygen atoms in total. The van der Waals surface area contributed by atoms with Gasteiger partial charge in [-0.2, -0.15) is 0 Å². The topological polar surface area (TPSA) is 38.7 Å². The van der Waals surface area contributed by atoms with Gasteiger partial charge in [-0.25, -0.2) is 0 Å². The first-order valence-corrected chi connectivity index (χ1v) is 13.1. The third kappa shape index (κ3) is 4.50. The number of alkyl halides is 1. The Kier molecular flexibility index (Phi) is 6.62. The van der Waals surface area contributed by atoms with Gasteiger partial charge in [0, 0.05) is 25.2 Å². The summed E-state index contributed by atoms with van der Waals surface area (Å²) >= 11 is 4.07. The van der Waals surface area contributed by atoms with E-state index in [0.29, 0.717) is 18.4 Å². The van der Waals surface area contributed by atoms with Crippen molar-refractivity contribution in [1.29, 1.82) is 0 Å². The van der Waals surface area contributed by atoms with Crippen LogP contribution in [0.4, 0.5) is 0 Å². The summed E-state index contributed by atoms with van der Waals surface area (Å²) in [5, 5.41) is 11.6. The zero-order valence-corrected chi connectivity index (χ0v) is 20.3. The summed E-state index contributed by atoms with van der Waals surface area (Å²) in [6.07, 6.45) is 5.77. The first kappa shape index (κ1) is 22.4. The summed E-state index contributed by atoms with van der Waals surface area (Å²) in [6, 6.07) is 20.2. The average Bonchev–Trinajstić information content (AvgIpc) is 3.70. The molecular weight excluding hydrogens is 466 g/mol. The maximum atomic E-state index is 11.6. The maximum absolute atomic E-state index is 11.6. The highest BCUT2D eigenvalue weighted by Crippen LogP contribution is 2.48. The van der Waals surface area contributed by atoms with Gasteiger partial charge in [0.25, 0.3) is 0 Å². The van der Waals surface area contributed by atoms with Crippen LogP contribution >= 0.6 is 15.9 Å². The maximum Gasteiger partial charge on any atom is 0.171 e. The Morgan fingerprint density at radius 2 is 1.59 bits per heavy atom. The lowest BCUT2D eigenvalue weighted by molar-refractivity contribution is -0.955. The monoisotopic (exact) mass is 500 g/mol. The van der Waals surface area contributed by atoms with Crippen LogP contribution in [0.1, 0.15) is 37.7 Å². The fourth-order valence-electron chi connectivity index (χ4n) is 5.81. The van der Waals surface area contributed by atoms with Crippen LogP contribution in [0.5, 0.6) is 5.75 Å². The van der Waals surface area contributed by atoms with E-state index in [4.69, 9.17) is 9.47 Å². The third-order valence-electron chi connectivity index (χ3n) is 7.93. The van der Waals surface area contributed by atoms with Crippen molar-refractivity contribution in [3.05, 3.63) is 66.2 Å². The Balaban J connectivity index is 1.20. The number of nitrogens with zero attached hydrogens (tertiary/aromatic N) is 1. The van der Waals surface area contributed by atoms with Gasteiger partial charge in [0.2, 0.25) is 0 Å². The van der Waals surface area contributed by atoms with Crippen LogP contribution in [-0.2, 0) is 10.3 Å². The van der Waals surface area contributed by atoms with Crippen LogP contribution in [-0.4, -0.2) is 53.5 Å². The number of quaternary nitrogens is 1. The van der Waals surface area contributed by atoms with Gasteiger partial charge >= 0.3 is 0 Å². The fraction of sp³-hybridized carbons (Fsp3) is 0.556. The average molecular weight is 501 g/mol. The van der Waals surface area contributed by atoms with Gasteiger partial charge in [-0.05, 0) is 52.4 Å². The molecule has 6 rings (SSSR count). The second-order valence-corrected chi connectivity index (χ2v) is 10.9. The van der Waals surface area contributed by atoms with E-state index >= 15 is 0 Å². The number of halogens is 1. The standard InChI is InChI=1S/C27H35BrNO3/c28-26-25(32-20-27(30,23-12-13-23)22-8-3-1-4-9-22)21-14-17-29(26,18-15-21)16-7-19-31-24-10-5-2-6-11-24/h1-6,8-11,21,23,25-26,30H,7,12-20H2/q+1/t21?,25-,26-,27?,29?/m1/s1. The number of rotatable bonds is 10. The van der Waals surface area contributed by atoms with Crippen LogP contribution in [0, 0.1) is 11.8 Å². The van der Waals surface area contributed by atoms with Gasteiger partial charge in [-0.1, -0.05) is 48.5 Å². The number of hydrogen-bond acceptors (Lipinski definition) is 3. The van der Waals surface area contributed by atoms with E-state index < -0.39 is 5.60 Å². The molecule has 0 aromatic heterocycles. The highest BCUT2D eigenvalue weighted by molar-refractivity contribution is 9.09. The number of aliphatic hydroxyl groups is 1. The lowest BCUT2D eigenvalue weighted by Gasteiger charge is -2.56. The van der Waals surface area contributed by atoms with Crippen molar-refractivity contribution < 1.29 is 19.1 Å². The zero-order chi connectivity index (χ0) is 22.0. The predicted molar refractivity (Wildman–Crippen MR) is 130 cm³/mol. The number of piperidine rings is 3. The molecule has 32 heavy (non-hydrogen) atoms. The molecule has 1 saturated carbocycles. The minimum atomic E-state index is -0.867. The molecule has 172 valence electrons. The first-order chi connectivity index (χ1) is 15.6. The van der Waals surface area contributed by atoms with Crippen molar-refractivity contribution in [3.63, 3.8) is 0 Å². The number of benzene rings is 2. The molecule has 4 fully saturated rings. The van der Waals surface area contributed by atoms with Gasteiger partial charge in [-0.15, -0.1) is 0 Å². The van der Waals surface area contributed by atoms with E-state index in [2.05, 4.69) is 15.9 Å². The molecule has 3 saturated heterocycles. The van der Waals surface area contributed by atoms with E-state index in [1.165, 1.54) is 25.9 Å². The van der Waals surface area contributed by atoms with Crippen molar-refractivity contribution in [2.24, 2.45) is 11.8 Å². The lowest BCUT2D eigenvalue weighted by atomic mass is 9.82. The molecule has 1 unspecified atom stereocenters. The van der Waals surface area contributed by atoms with Crippen molar-refractivity contribution in [2.45, 2.75) is 48.8 Å². The number of para-hydroxylation sites is 1. The zero-order valence-electron chi connectivity index (χ0n) is 18.7. The number of ether oxygens (including phenoxy) is 2. The third-order valence-corrected chi connectivity index (χ3v) is 9.32. The molecule has 0 amide bonds. The summed E-state index contributed by atoms with van der Waals surface area (Å²) in [7, 11) is 0. The Labute approximate surface area is 200 Å². The van der Waals surface area contributed by atoms with Gasteiger partial charge in [-0.3, -0.25) is 0 Å². The largest absolute Gasteiger partial charge is 0.493 e. The molecule has 3 aliphatic heterocycles. The normalized spacial score (nSPS) is 31.2. The molecular formula is C27H35BrNO3+. The molecule has 0 radical (unpaired) electrons. The highest BCUT2D eigenvalue weighted by Gasteiger charge is 2.54. The Bertz CT molecular complexity index is 867. The van der Waals surface area contributed by atoms with Crippen molar-refractivity contribution in [2.75, 3.05) is 32.8 Å². The molecule has 5 heteroatoms. The molecule has 3 heterocycles. The molecule has 3 atom stereocenters. The quantitative estimate of drug-likeness (QED) is 0.213. The van der Waals surface area contributed by atoms with E-state index in [9.17, 15) is 5.11 Å². The fourth-order valence-corrected chi connectivity index (χ4v) is 7.01. The van der Waals surface area contributed by atoms with E-state index in [1.807, 2.05) is 60.7 Å². The predicted octanol–water partition coefficient (Wildman–Crippen LogP) is 5.10. The second-order valence-electron chi connectivity index (χ2n) is 9.95. The SMILES string of the molecule is OC(CO[C@@H]1C2CC[N+](CCCOc3ccccc3)(CC2)[C@H]1Br)(c1ccccc1)C1CC1. The highest BCUT2D eigenvalue weighted by atomic mass is 79.9. The minimum absolute atomic E-state index is 0.154. The van der Waals surface area contributed by atoms with E-state index in [1.54, 1.807) is 0 Å².